The van der Waals surface area contributed by atoms with Crippen molar-refractivity contribution in [3.8, 4) is 22.5 Å². The number of tetrazole rings is 1. The van der Waals surface area contributed by atoms with E-state index in [0.29, 0.717) is 12.4 Å². The Morgan fingerprint density at radius 3 is 2.32 bits per heavy atom. The molecule has 188 valence electrons. The number of aromatic nitrogens is 7. The van der Waals surface area contributed by atoms with Crippen molar-refractivity contribution < 1.29 is 0 Å². The normalized spacial score (nSPS) is 11.2. The zero-order valence-corrected chi connectivity index (χ0v) is 21.1. The Kier molecular flexibility index (Phi) is 7.64. The van der Waals surface area contributed by atoms with Crippen molar-refractivity contribution >= 4 is 5.69 Å². The molecule has 0 radical (unpaired) electrons. The van der Waals surface area contributed by atoms with E-state index in [9.17, 15) is 0 Å². The first-order chi connectivity index (χ1) is 18.2. The minimum absolute atomic E-state index is 0.584. The van der Waals surface area contributed by atoms with Gasteiger partial charge in [0.2, 0.25) is 5.82 Å². The third-order valence-electron chi connectivity index (χ3n) is 6.50. The Bertz CT molecular complexity index is 1400. The number of nitrogens with one attached hydrogen (secondary N) is 1. The molecule has 5 aromatic rings. The summed E-state index contributed by atoms with van der Waals surface area (Å²) in [6.07, 6.45) is 6.44. The van der Waals surface area contributed by atoms with Crippen molar-refractivity contribution in [3.05, 3.63) is 95.6 Å². The lowest BCUT2D eigenvalue weighted by Crippen LogP contribution is -2.08. The number of nitrogen functional groups attached to an aromatic ring is 1. The van der Waals surface area contributed by atoms with Crippen LogP contribution in [0.5, 0.6) is 0 Å². The molecule has 2 aromatic heterocycles. The number of nitrogens with two attached hydrogens (primary N) is 1. The largest absolute Gasteiger partial charge is 0.399 e. The summed E-state index contributed by atoms with van der Waals surface area (Å²) in [5.74, 6) is 2.48. The first kappa shape index (κ1) is 24.4. The SMILES string of the molecule is CCCCCCc1nc(Cc2ccc(N)cc2)n(Cc2ccc(-c3ccccc3-c3nn[nH]n3)cc2)n1. The molecule has 0 aliphatic rings. The fourth-order valence-electron chi connectivity index (χ4n) is 4.49. The average Bonchev–Trinajstić information content (AvgIpc) is 3.59. The van der Waals surface area contributed by atoms with Crippen LogP contribution in [0.1, 0.15) is 55.4 Å². The van der Waals surface area contributed by atoms with Crippen LogP contribution in [-0.2, 0) is 19.4 Å². The number of anilines is 1. The molecule has 0 aliphatic heterocycles. The van der Waals surface area contributed by atoms with E-state index >= 15 is 0 Å². The predicted molar refractivity (Wildman–Crippen MR) is 146 cm³/mol. The maximum atomic E-state index is 5.88. The van der Waals surface area contributed by atoms with E-state index < -0.39 is 0 Å². The van der Waals surface area contributed by atoms with E-state index in [1.54, 1.807) is 0 Å². The number of rotatable bonds is 11. The van der Waals surface area contributed by atoms with Crippen LogP contribution in [0.25, 0.3) is 22.5 Å². The van der Waals surface area contributed by atoms with E-state index in [4.69, 9.17) is 15.8 Å². The number of aromatic amines is 1. The molecule has 2 heterocycles. The maximum Gasteiger partial charge on any atom is 0.205 e. The number of unbranched alkanes of at least 4 members (excludes halogenated alkanes) is 3. The summed E-state index contributed by atoms with van der Waals surface area (Å²) in [5.41, 5.74) is 12.1. The van der Waals surface area contributed by atoms with Gasteiger partial charge in [0.25, 0.3) is 0 Å². The van der Waals surface area contributed by atoms with Gasteiger partial charge in [-0.1, -0.05) is 86.8 Å². The zero-order chi connectivity index (χ0) is 25.5. The predicted octanol–water partition coefficient (Wildman–Crippen LogP) is 5.47. The van der Waals surface area contributed by atoms with Gasteiger partial charge in [0.05, 0.1) is 6.54 Å². The number of H-pyrrole nitrogens is 1. The van der Waals surface area contributed by atoms with E-state index in [1.165, 1.54) is 30.4 Å². The molecule has 0 bridgehead atoms. The van der Waals surface area contributed by atoms with Gasteiger partial charge >= 0.3 is 0 Å². The van der Waals surface area contributed by atoms with Gasteiger partial charge in [0, 0.05) is 24.1 Å². The van der Waals surface area contributed by atoms with Crippen molar-refractivity contribution in [2.24, 2.45) is 0 Å². The standard InChI is InChI=1S/C29H32N8/c1-2-3-4-5-10-27-31-28(19-21-13-17-24(30)18-14-21)37(34-27)20-22-11-15-23(16-12-22)25-8-6-7-9-26(25)29-32-35-36-33-29/h6-9,11-18H,2-5,10,19-20,30H2,1H3,(H,32,33,35,36). The molecule has 0 saturated heterocycles. The van der Waals surface area contributed by atoms with E-state index in [2.05, 4.69) is 70.0 Å². The summed E-state index contributed by atoms with van der Waals surface area (Å²) in [6.45, 7) is 2.89. The number of aryl methyl sites for hydroxylation is 1. The van der Waals surface area contributed by atoms with Gasteiger partial charge in [-0.2, -0.15) is 10.3 Å². The molecule has 0 amide bonds. The highest BCUT2D eigenvalue weighted by molar-refractivity contribution is 5.80. The molecule has 0 unspecified atom stereocenters. The number of hydrogen-bond donors (Lipinski definition) is 2. The number of nitrogens with zero attached hydrogens (tertiary/aromatic N) is 6. The Morgan fingerprint density at radius 1 is 0.838 bits per heavy atom. The van der Waals surface area contributed by atoms with E-state index in [-0.39, 0.29) is 0 Å². The van der Waals surface area contributed by atoms with Crippen LogP contribution < -0.4 is 5.73 Å². The van der Waals surface area contributed by atoms with Gasteiger partial charge in [-0.05, 0) is 46.0 Å². The van der Waals surface area contributed by atoms with Gasteiger partial charge in [-0.25, -0.2) is 9.67 Å². The number of benzene rings is 3. The van der Waals surface area contributed by atoms with E-state index in [1.807, 2.05) is 35.0 Å². The Balaban J connectivity index is 1.37. The topological polar surface area (TPSA) is 111 Å². The van der Waals surface area contributed by atoms with Crippen molar-refractivity contribution in [2.75, 3.05) is 5.73 Å². The first-order valence-corrected chi connectivity index (χ1v) is 12.9. The molecule has 0 saturated carbocycles. The smallest absolute Gasteiger partial charge is 0.205 e. The molecular weight excluding hydrogens is 460 g/mol. The first-order valence-electron chi connectivity index (χ1n) is 12.9. The molecular formula is C29H32N8. The van der Waals surface area contributed by atoms with Crippen LogP contribution in [0, 0.1) is 0 Å². The van der Waals surface area contributed by atoms with Crippen LogP contribution in [0.2, 0.25) is 0 Å². The lowest BCUT2D eigenvalue weighted by Gasteiger charge is -2.10. The number of hydrogen-bond acceptors (Lipinski definition) is 6. The molecule has 37 heavy (non-hydrogen) atoms. The van der Waals surface area contributed by atoms with Crippen molar-refractivity contribution in [3.63, 3.8) is 0 Å². The summed E-state index contributed by atoms with van der Waals surface area (Å²) in [6, 6.07) is 24.7. The van der Waals surface area contributed by atoms with Gasteiger partial charge in [0.1, 0.15) is 5.82 Å². The minimum atomic E-state index is 0.584. The van der Waals surface area contributed by atoms with Crippen LogP contribution in [-0.4, -0.2) is 35.4 Å². The van der Waals surface area contributed by atoms with Crippen LogP contribution >= 0.6 is 0 Å². The van der Waals surface area contributed by atoms with Crippen molar-refractivity contribution in [1.29, 1.82) is 0 Å². The molecule has 3 aromatic carbocycles. The highest BCUT2D eigenvalue weighted by atomic mass is 15.5. The van der Waals surface area contributed by atoms with Gasteiger partial charge in [-0.15, -0.1) is 10.2 Å². The minimum Gasteiger partial charge on any atom is -0.399 e. The third kappa shape index (κ3) is 6.09. The van der Waals surface area contributed by atoms with Crippen LogP contribution in [0.15, 0.2) is 72.8 Å². The second-order valence-electron chi connectivity index (χ2n) is 9.31. The monoisotopic (exact) mass is 492 g/mol. The molecule has 0 atom stereocenters. The van der Waals surface area contributed by atoms with Crippen molar-refractivity contribution in [1.82, 2.24) is 35.4 Å². The second kappa shape index (κ2) is 11.6. The lowest BCUT2D eigenvalue weighted by atomic mass is 9.98. The maximum absolute atomic E-state index is 5.88. The average molecular weight is 493 g/mol. The molecule has 0 spiro atoms. The molecule has 8 nitrogen and oxygen atoms in total. The fourth-order valence-corrected chi connectivity index (χ4v) is 4.49. The zero-order valence-electron chi connectivity index (χ0n) is 21.1. The summed E-state index contributed by atoms with van der Waals surface area (Å²) >= 11 is 0. The summed E-state index contributed by atoms with van der Waals surface area (Å²) in [5, 5.41) is 19.5. The fraction of sp³-hybridized carbons (Fsp3) is 0.276. The summed E-state index contributed by atoms with van der Waals surface area (Å²) in [7, 11) is 0. The Labute approximate surface area is 217 Å². The third-order valence-corrected chi connectivity index (χ3v) is 6.50. The summed E-state index contributed by atoms with van der Waals surface area (Å²) in [4.78, 5) is 4.92. The van der Waals surface area contributed by atoms with Crippen molar-refractivity contribution in [2.45, 2.75) is 52.0 Å². The van der Waals surface area contributed by atoms with Gasteiger partial charge in [0.15, 0.2) is 5.82 Å². The lowest BCUT2D eigenvalue weighted by molar-refractivity contribution is 0.622. The highest BCUT2D eigenvalue weighted by Gasteiger charge is 2.13. The Hall–Kier alpha value is -4.33. The molecule has 8 heteroatoms. The van der Waals surface area contributed by atoms with Crippen LogP contribution in [0.4, 0.5) is 5.69 Å². The molecule has 5 rings (SSSR count). The molecule has 0 fully saturated rings. The Morgan fingerprint density at radius 2 is 1.59 bits per heavy atom. The van der Waals surface area contributed by atoms with Gasteiger partial charge in [-0.3, -0.25) is 0 Å². The second-order valence-corrected chi connectivity index (χ2v) is 9.31. The molecule has 3 N–H and O–H groups in total. The molecule has 0 aliphatic carbocycles. The quantitative estimate of drug-likeness (QED) is 0.187. The van der Waals surface area contributed by atoms with Crippen LogP contribution in [0.3, 0.4) is 0 Å². The van der Waals surface area contributed by atoms with E-state index in [0.717, 1.165) is 53.3 Å². The summed E-state index contributed by atoms with van der Waals surface area (Å²) < 4.78 is 2.05. The van der Waals surface area contributed by atoms with Gasteiger partial charge < -0.3 is 5.73 Å². The highest BCUT2D eigenvalue weighted by Crippen LogP contribution is 2.30.